The van der Waals surface area contributed by atoms with Crippen LogP contribution < -0.4 is 4.31 Å². The predicted molar refractivity (Wildman–Crippen MR) is 103 cm³/mol. The Morgan fingerprint density at radius 2 is 1.56 bits per heavy atom. The maximum absolute atomic E-state index is 12.7. The van der Waals surface area contributed by atoms with Crippen LogP contribution in [0, 0.1) is 0 Å². The smallest absolute Gasteiger partial charge is 0.243 e. The van der Waals surface area contributed by atoms with E-state index in [2.05, 4.69) is 0 Å². The first-order valence-electron chi connectivity index (χ1n) is 9.01. The molecule has 1 aliphatic rings. The van der Waals surface area contributed by atoms with Gasteiger partial charge in [0.1, 0.15) is 6.54 Å². The lowest BCUT2D eigenvalue weighted by atomic mass is 9.92. The van der Waals surface area contributed by atoms with E-state index in [9.17, 15) is 13.2 Å². The van der Waals surface area contributed by atoms with Gasteiger partial charge >= 0.3 is 0 Å². The number of hydrogen-bond donors (Lipinski definition) is 0. The van der Waals surface area contributed by atoms with Gasteiger partial charge in [-0.15, -0.1) is 0 Å². The zero-order valence-electron chi connectivity index (χ0n) is 15.9. The Hall–Kier alpha value is -1.56. The number of nitrogens with zero attached hydrogens (tertiary/aromatic N) is 2. The fraction of sp³-hybridized carbons (Fsp3) is 0.632. The van der Waals surface area contributed by atoms with E-state index in [1.807, 2.05) is 45.9 Å². The summed E-state index contributed by atoms with van der Waals surface area (Å²) >= 11 is 0. The number of carbonyl (C=O) groups is 1. The molecule has 0 unspecified atom stereocenters. The average Bonchev–Trinajstić information content (AvgIpc) is 3.04. The molecule has 1 aromatic carbocycles. The second kappa shape index (κ2) is 7.77. The summed E-state index contributed by atoms with van der Waals surface area (Å²) in [7, 11) is -3.57. The Bertz CT molecular complexity index is 694. The largest absolute Gasteiger partial charge is 0.341 e. The van der Waals surface area contributed by atoms with E-state index in [0.717, 1.165) is 37.1 Å². The van der Waals surface area contributed by atoms with Crippen LogP contribution in [0.1, 0.15) is 63.5 Å². The first-order chi connectivity index (χ1) is 11.6. The van der Waals surface area contributed by atoms with E-state index in [1.54, 1.807) is 4.90 Å². The third-order valence-electron chi connectivity index (χ3n) is 4.73. The van der Waals surface area contributed by atoms with Crippen molar-refractivity contribution in [2.24, 2.45) is 0 Å². The molecule has 2 rings (SSSR count). The van der Waals surface area contributed by atoms with Crippen molar-refractivity contribution in [3.8, 4) is 0 Å². The first kappa shape index (κ1) is 19.8. The Morgan fingerprint density at radius 3 is 1.96 bits per heavy atom. The highest BCUT2D eigenvalue weighted by Gasteiger charge is 2.29. The Kier molecular flexibility index (Phi) is 6.14. The zero-order chi connectivity index (χ0) is 18.8. The summed E-state index contributed by atoms with van der Waals surface area (Å²) in [5.74, 6) is 0.218. The van der Waals surface area contributed by atoms with Gasteiger partial charge in [0.05, 0.1) is 11.9 Å². The number of hydrogen-bond acceptors (Lipinski definition) is 3. The molecule has 25 heavy (non-hydrogen) atoms. The molecule has 0 aromatic heterocycles. The van der Waals surface area contributed by atoms with Gasteiger partial charge in [-0.3, -0.25) is 9.10 Å². The number of carbonyl (C=O) groups excluding carboxylic acids is 1. The molecule has 1 heterocycles. The molecule has 0 aliphatic carbocycles. The minimum absolute atomic E-state index is 0.115. The van der Waals surface area contributed by atoms with Gasteiger partial charge in [0.2, 0.25) is 15.9 Å². The van der Waals surface area contributed by atoms with E-state index in [4.69, 9.17) is 0 Å². The molecular formula is C19H30N2O3S. The maximum Gasteiger partial charge on any atom is 0.243 e. The van der Waals surface area contributed by atoms with Crippen molar-refractivity contribution in [3.63, 3.8) is 0 Å². The van der Waals surface area contributed by atoms with Crippen molar-refractivity contribution in [3.05, 3.63) is 29.3 Å². The molecule has 1 aromatic rings. The van der Waals surface area contributed by atoms with E-state index >= 15 is 0 Å². The lowest BCUT2D eigenvalue weighted by Crippen LogP contribution is -2.42. The second-order valence-electron chi connectivity index (χ2n) is 7.45. The molecule has 1 amide bonds. The van der Waals surface area contributed by atoms with Gasteiger partial charge in [0, 0.05) is 13.1 Å². The summed E-state index contributed by atoms with van der Waals surface area (Å²) in [6.07, 6.45) is 3.17. The third kappa shape index (κ3) is 4.54. The lowest BCUT2D eigenvalue weighted by Gasteiger charge is -2.30. The number of para-hydroxylation sites is 1. The molecule has 0 radical (unpaired) electrons. The summed E-state index contributed by atoms with van der Waals surface area (Å²) in [4.78, 5) is 14.4. The molecule has 5 nitrogen and oxygen atoms in total. The van der Waals surface area contributed by atoms with Crippen molar-refractivity contribution in [1.29, 1.82) is 0 Å². The molecule has 1 fully saturated rings. The van der Waals surface area contributed by atoms with Gasteiger partial charge in [-0.25, -0.2) is 8.42 Å². The lowest BCUT2D eigenvalue weighted by molar-refractivity contribution is -0.128. The minimum atomic E-state index is -3.57. The standard InChI is InChI=1S/C19H30N2O3S/c1-14(2)16-9-8-10-17(15(3)4)19(16)21(25(5,23)24)13-18(22)20-11-6-7-12-20/h8-10,14-15H,6-7,11-13H2,1-5H3. The summed E-state index contributed by atoms with van der Waals surface area (Å²) in [6.45, 7) is 9.51. The SMILES string of the molecule is CC(C)c1cccc(C(C)C)c1N(CC(=O)N1CCCC1)S(C)(=O)=O. The Balaban J connectivity index is 2.52. The number of anilines is 1. The highest BCUT2D eigenvalue weighted by Crippen LogP contribution is 2.36. The number of amides is 1. The average molecular weight is 367 g/mol. The summed E-state index contributed by atoms with van der Waals surface area (Å²) in [5.41, 5.74) is 2.61. The van der Waals surface area contributed by atoms with Gasteiger partial charge in [0.25, 0.3) is 0 Å². The summed E-state index contributed by atoms with van der Waals surface area (Å²) in [6, 6.07) is 5.89. The highest BCUT2D eigenvalue weighted by atomic mass is 32.2. The van der Waals surface area contributed by atoms with Crippen LogP contribution in [0.4, 0.5) is 5.69 Å². The number of sulfonamides is 1. The van der Waals surface area contributed by atoms with Crippen molar-refractivity contribution in [2.75, 3.05) is 30.2 Å². The van der Waals surface area contributed by atoms with E-state index in [1.165, 1.54) is 10.6 Å². The fourth-order valence-corrected chi connectivity index (χ4v) is 4.24. The van der Waals surface area contributed by atoms with Crippen molar-refractivity contribution < 1.29 is 13.2 Å². The molecule has 0 bridgehead atoms. The van der Waals surface area contributed by atoms with Crippen LogP contribution in [0.15, 0.2) is 18.2 Å². The van der Waals surface area contributed by atoms with Gasteiger partial charge in [-0.05, 0) is 35.8 Å². The molecule has 0 spiro atoms. The molecule has 1 aliphatic heterocycles. The van der Waals surface area contributed by atoms with Crippen molar-refractivity contribution in [2.45, 2.75) is 52.4 Å². The van der Waals surface area contributed by atoms with Crippen molar-refractivity contribution >= 4 is 21.6 Å². The molecular weight excluding hydrogens is 336 g/mol. The van der Waals surface area contributed by atoms with Crippen LogP contribution in [0.3, 0.4) is 0 Å². The van der Waals surface area contributed by atoms with Crippen LogP contribution >= 0.6 is 0 Å². The Morgan fingerprint density at radius 1 is 1.08 bits per heavy atom. The van der Waals surface area contributed by atoms with E-state index in [-0.39, 0.29) is 24.3 Å². The molecule has 0 saturated carbocycles. The monoisotopic (exact) mass is 366 g/mol. The van der Waals surface area contributed by atoms with Gasteiger partial charge in [0.15, 0.2) is 0 Å². The summed E-state index contributed by atoms with van der Waals surface area (Å²) < 4.78 is 26.5. The van der Waals surface area contributed by atoms with Crippen molar-refractivity contribution in [1.82, 2.24) is 4.90 Å². The van der Waals surface area contributed by atoms with Crippen LogP contribution in [-0.2, 0) is 14.8 Å². The van der Waals surface area contributed by atoms with Crippen LogP contribution in [0.2, 0.25) is 0 Å². The number of benzene rings is 1. The Labute approximate surface area is 152 Å². The first-order valence-corrected chi connectivity index (χ1v) is 10.9. The third-order valence-corrected chi connectivity index (χ3v) is 5.84. The van der Waals surface area contributed by atoms with Crippen LogP contribution in [-0.4, -0.2) is 45.1 Å². The minimum Gasteiger partial charge on any atom is -0.341 e. The normalized spacial score (nSPS) is 15.2. The van der Waals surface area contributed by atoms with Gasteiger partial charge in [-0.2, -0.15) is 0 Å². The topological polar surface area (TPSA) is 57.7 Å². The quantitative estimate of drug-likeness (QED) is 0.776. The number of likely N-dealkylation sites (tertiary alicyclic amines) is 1. The maximum atomic E-state index is 12.7. The molecule has 0 atom stereocenters. The van der Waals surface area contributed by atoms with Gasteiger partial charge < -0.3 is 4.90 Å². The zero-order valence-corrected chi connectivity index (χ0v) is 16.8. The second-order valence-corrected chi connectivity index (χ2v) is 9.36. The number of rotatable bonds is 6. The highest BCUT2D eigenvalue weighted by molar-refractivity contribution is 7.92. The molecule has 1 saturated heterocycles. The summed E-state index contributed by atoms with van der Waals surface area (Å²) in [5, 5.41) is 0. The van der Waals surface area contributed by atoms with Gasteiger partial charge in [-0.1, -0.05) is 45.9 Å². The molecule has 0 N–H and O–H groups in total. The van der Waals surface area contributed by atoms with Crippen LogP contribution in [0.5, 0.6) is 0 Å². The molecule has 140 valence electrons. The molecule has 6 heteroatoms. The fourth-order valence-electron chi connectivity index (χ4n) is 3.35. The van der Waals surface area contributed by atoms with E-state index < -0.39 is 10.0 Å². The van der Waals surface area contributed by atoms with Crippen LogP contribution in [0.25, 0.3) is 0 Å². The predicted octanol–water partition coefficient (Wildman–Crippen LogP) is 3.32. The van der Waals surface area contributed by atoms with E-state index in [0.29, 0.717) is 5.69 Å².